The van der Waals surface area contributed by atoms with Crippen LogP contribution in [0.3, 0.4) is 0 Å². The zero-order valence-electron chi connectivity index (χ0n) is 19.3. The van der Waals surface area contributed by atoms with Crippen molar-refractivity contribution in [3.63, 3.8) is 0 Å². The van der Waals surface area contributed by atoms with Gasteiger partial charge in [-0.3, -0.25) is 4.79 Å². The number of carbonyl (C=O) groups is 1. The average Bonchev–Trinajstić information content (AvgIpc) is 2.67. The largest absolute Gasteiger partial charge is 0.353 e. The maximum atomic E-state index is 12.3. The van der Waals surface area contributed by atoms with Crippen LogP contribution in [0.15, 0.2) is 0 Å². The SMILES string of the molecule is CC.CC.CC1CCC(NC(=O)C2CCCCCCC2)CC1.CCCC. The van der Waals surface area contributed by atoms with E-state index in [2.05, 4.69) is 26.1 Å². The quantitative estimate of drug-likeness (QED) is 0.538. The van der Waals surface area contributed by atoms with E-state index in [1.165, 1.54) is 70.6 Å². The third kappa shape index (κ3) is 14.6. The molecule has 0 aromatic heterocycles. The number of unbranched alkanes of at least 4 members (excludes halogenated alkanes) is 1. The number of carbonyl (C=O) groups excluding carboxylic acids is 1. The number of rotatable bonds is 3. The molecule has 26 heavy (non-hydrogen) atoms. The van der Waals surface area contributed by atoms with Gasteiger partial charge in [-0.15, -0.1) is 0 Å². The lowest BCUT2D eigenvalue weighted by molar-refractivity contribution is -0.126. The number of hydrogen-bond donors (Lipinski definition) is 1. The van der Waals surface area contributed by atoms with E-state index >= 15 is 0 Å². The highest BCUT2D eigenvalue weighted by atomic mass is 16.1. The molecule has 2 nitrogen and oxygen atoms in total. The molecule has 0 saturated heterocycles. The van der Waals surface area contributed by atoms with Gasteiger partial charge in [0.2, 0.25) is 5.91 Å². The van der Waals surface area contributed by atoms with Crippen LogP contribution in [0.5, 0.6) is 0 Å². The van der Waals surface area contributed by atoms with E-state index < -0.39 is 0 Å². The number of hydrogen-bond acceptors (Lipinski definition) is 1. The fourth-order valence-electron chi connectivity index (χ4n) is 3.44. The second kappa shape index (κ2) is 20.8. The summed E-state index contributed by atoms with van der Waals surface area (Å²) in [6, 6.07) is 0.471. The van der Waals surface area contributed by atoms with E-state index in [4.69, 9.17) is 0 Å². The molecule has 2 fully saturated rings. The minimum absolute atomic E-state index is 0.310. The summed E-state index contributed by atoms with van der Waals surface area (Å²) in [5, 5.41) is 3.32. The van der Waals surface area contributed by atoms with Crippen LogP contribution in [-0.2, 0) is 4.79 Å². The molecular weight excluding hydrogens is 318 g/mol. The first-order valence-corrected chi connectivity index (χ1v) is 12.0. The second-order valence-corrected chi connectivity index (χ2v) is 7.51. The van der Waals surface area contributed by atoms with Crippen molar-refractivity contribution in [3.8, 4) is 0 Å². The monoisotopic (exact) mass is 369 g/mol. The lowest BCUT2D eigenvalue weighted by Gasteiger charge is -2.29. The molecule has 0 aromatic carbocycles. The van der Waals surface area contributed by atoms with Gasteiger partial charge in [-0.1, -0.05) is 93.4 Å². The van der Waals surface area contributed by atoms with Crippen LogP contribution < -0.4 is 5.32 Å². The topological polar surface area (TPSA) is 29.1 Å². The smallest absolute Gasteiger partial charge is 0.223 e. The highest BCUT2D eigenvalue weighted by Crippen LogP contribution is 2.26. The van der Waals surface area contributed by atoms with Gasteiger partial charge in [0.25, 0.3) is 0 Å². The molecule has 158 valence electrons. The summed E-state index contributed by atoms with van der Waals surface area (Å²) in [5.74, 6) is 1.53. The second-order valence-electron chi connectivity index (χ2n) is 7.51. The highest BCUT2D eigenvalue weighted by Gasteiger charge is 2.24. The van der Waals surface area contributed by atoms with Crippen LogP contribution in [0.25, 0.3) is 0 Å². The number of amides is 1. The Bertz CT molecular complexity index is 272. The number of nitrogens with one attached hydrogen (secondary N) is 1. The zero-order valence-corrected chi connectivity index (χ0v) is 19.3. The predicted octanol–water partition coefficient (Wildman–Crippen LogP) is 7.90. The normalized spacial score (nSPS) is 23.3. The Labute approximate surface area is 166 Å². The summed E-state index contributed by atoms with van der Waals surface area (Å²) in [5.41, 5.74) is 0. The maximum Gasteiger partial charge on any atom is 0.223 e. The molecule has 2 rings (SSSR count). The first kappa shape index (κ1) is 27.7. The molecule has 0 heterocycles. The molecule has 0 atom stereocenters. The van der Waals surface area contributed by atoms with Gasteiger partial charge in [0.15, 0.2) is 0 Å². The van der Waals surface area contributed by atoms with Crippen molar-refractivity contribution >= 4 is 5.91 Å². The first-order chi connectivity index (χ1) is 12.7. The summed E-state index contributed by atoms with van der Waals surface area (Å²) in [6.07, 6.45) is 16.4. The van der Waals surface area contributed by atoms with Crippen molar-refractivity contribution in [2.75, 3.05) is 0 Å². The van der Waals surface area contributed by atoms with Crippen molar-refractivity contribution in [1.29, 1.82) is 0 Å². The molecule has 1 amide bonds. The first-order valence-electron chi connectivity index (χ1n) is 12.0. The van der Waals surface area contributed by atoms with Gasteiger partial charge in [0.1, 0.15) is 0 Å². The minimum Gasteiger partial charge on any atom is -0.353 e. The van der Waals surface area contributed by atoms with Gasteiger partial charge in [-0.2, -0.15) is 0 Å². The van der Waals surface area contributed by atoms with Gasteiger partial charge in [0, 0.05) is 12.0 Å². The van der Waals surface area contributed by atoms with Gasteiger partial charge in [-0.05, 0) is 44.4 Å². The Morgan fingerprint density at radius 2 is 1.15 bits per heavy atom. The molecular formula is C24H51NO. The van der Waals surface area contributed by atoms with E-state index in [1.807, 2.05) is 27.7 Å². The molecule has 0 radical (unpaired) electrons. The predicted molar refractivity (Wildman–Crippen MR) is 119 cm³/mol. The molecule has 2 saturated carbocycles. The molecule has 2 heteroatoms. The molecule has 0 spiro atoms. The van der Waals surface area contributed by atoms with Crippen molar-refractivity contribution in [2.45, 2.75) is 138 Å². The Morgan fingerprint density at radius 3 is 1.58 bits per heavy atom. The molecule has 0 aliphatic heterocycles. The Kier molecular flexibility index (Phi) is 22.1. The van der Waals surface area contributed by atoms with Crippen molar-refractivity contribution in [2.24, 2.45) is 11.8 Å². The molecule has 0 aromatic rings. The van der Waals surface area contributed by atoms with Gasteiger partial charge in [0.05, 0.1) is 0 Å². The Balaban J connectivity index is 0. The van der Waals surface area contributed by atoms with Crippen LogP contribution in [0, 0.1) is 11.8 Å². The maximum absolute atomic E-state index is 12.3. The summed E-state index contributed by atoms with van der Waals surface area (Å²) < 4.78 is 0. The van der Waals surface area contributed by atoms with Gasteiger partial charge >= 0.3 is 0 Å². The lowest BCUT2D eigenvalue weighted by atomic mass is 9.86. The van der Waals surface area contributed by atoms with Crippen molar-refractivity contribution in [3.05, 3.63) is 0 Å². The third-order valence-electron chi connectivity index (χ3n) is 5.34. The van der Waals surface area contributed by atoms with Crippen LogP contribution in [-0.4, -0.2) is 11.9 Å². The summed E-state index contributed by atoms with van der Waals surface area (Å²) in [4.78, 5) is 12.3. The van der Waals surface area contributed by atoms with Crippen LogP contribution in [0.2, 0.25) is 0 Å². The lowest BCUT2D eigenvalue weighted by Crippen LogP contribution is -2.40. The molecule has 1 N–H and O–H groups in total. The van der Waals surface area contributed by atoms with Crippen molar-refractivity contribution in [1.82, 2.24) is 5.32 Å². The molecule has 0 unspecified atom stereocenters. The molecule has 2 aliphatic rings. The Morgan fingerprint density at radius 1 is 0.731 bits per heavy atom. The standard InChI is InChI=1S/C16H29NO.C4H10.2C2H6/c1-13-9-11-15(12-10-13)17-16(18)14-7-5-3-2-4-6-8-14;1-3-4-2;2*1-2/h13-15H,2-12H2,1H3,(H,17,18);3-4H2,1-2H3;2*1-2H3. The summed E-state index contributed by atoms with van der Waals surface area (Å²) >= 11 is 0. The van der Waals surface area contributed by atoms with E-state index in [-0.39, 0.29) is 0 Å². The van der Waals surface area contributed by atoms with E-state index in [9.17, 15) is 4.79 Å². The molecule has 2 aliphatic carbocycles. The Hall–Kier alpha value is -0.530. The zero-order chi connectivity index (χ0) is 20.2. The fourth-order valence-corrected chi connectivity index (χ4v) is 3.44. The summed E-state index contributed by atoms with van der Waals surface area (Å²) in [6.45, 7) is 14.7. The van der Waals surface area contributed by atoms with E-state index in [1.54, 1.807) is 0 Å². The average molecular weight is 370 g/mol. The van der Waals surface area contributed by atoms with Gasteiger partial charge in [-0.25, -0.2) is 0 Å². The van der Waals surface area contributed by atoms with E-state index in [0.717, 1.165) is 18.8 Å². The minimum atomic E-state index is 0.310. The fraction of sp³-hybridized carbons (Fsp3) is 0.958. The van der Waals surface area contributed by atoms with Crippen molar-refractivity contribution < 1.29 is 4.79 Å². The van der Waals surface area contributed by atoms with Crippen LogP contribution in [0.4, 0.5) is 0 Å². The van der Waals surface area contributed by atoms with Crippen LogP contribution >= 0.6 is 0 Å². The van der Waals surface area contributed by atoms with Crippen LogP contribution in [0.1, 0.15) is 132 Å². The van der Waals surface area contributed by atoms with Gasteiger partial charge < -0.3 is 5.32 Å². The summed E-state index contributed by atoms with van der Waals surface area (Å²) in [7, 11) is 0. The molecule has 0 bridgehead atoms. The third-order valence-corrected chi connectivity index (χ3v) is 5.34. The highest BCUT2D eigenvalue weighted by molar-refractivity contribution is 5.78. The van der Waals surface area contributed by atoms with E-state index in [0.29, 0.717) is 17.9 Å².